The highest BCUT2D eigenvalue weighted by Gasteiger charge is 2.26. The van der Waals surface area contributed by atoms with Crippen molar-refractivity contribution in [3.05, 3.63) is 71.4 Å². The Hall–Kier alpha value is -2.64. The average molecular weight is 442 g/mol. The van der Waals surface area contributed by atoms with Gasteiger partial charge in [0, 0.05) is 36.2 Å². The summed E-state index contributed by atoms with van der Waals surface area (Å²) in [5.41, 5.74) is 4.38. The van der Waals surface area contributed by atoms with Gasteiger partial charge in [-0.15, -0.1) is 0 Å². The Balaban J connectivity index is 1.81. The van der Waals surface area contributed by atoms with E-state index < -0.39 is 10.0 Å². The van der Waals surface area contributed by atoms with Gasteiger partial charge in [0.1, 0.15) is 0 Å². The number of amides is 1. The van der Waals surface area contributed by atoms with Crippen molar-refractivity contribution in [1.82, 2.24) is 14.2 Å². The summed E-state index contributed by atoms with van der Waals surface area (Å²) in [5, 5.41) is 1.14. The second-order valence-electron chi connectivity index (χ2n) is 8.31. The van der Waals surface area contributed by atoms with Gasteiger partial charge in [-0.05, 0) is 44.4 Å². The maximum Gasteiger partial charge on any atom is 0.238 e. The second kappa shape index (κ2) is 9.66. The molecular formula is C24H31N3O3S. The van der Waals surface area contributed by atoms with Gasteiger partial charge in [-0.1, -0.05) is 48.0 Å². The maximum atomic E-state index is 13.2. The van der Waals surface area contributed by atoms with Crippen LogP contribution in [-0.4, -0.2) is 53.9 Å². The highest BCUT2D eigenvalue weighted by atomic mass is 32.2. The predicted octanol–water partition coefficient (Wildman–Crippen LogP) is 3.72. The first-order valence-electron chi connectivity index (χ1n) is 10.5. The Bertz CT molecular complexity index is 1130. The number of carbonyl (C=O) groups excluding carboxylic acids is 1. The quantitative estimate of drug-likeness (QED) is 0.550. The highest BCUT2D eigenvalue weighted by Crippen LogP contribution is 2.19. The number of aromatic amines is 1. The normalized spacial score (nSPS) is 12.1. The topological polar surface area (TPSA) is 73.5 Å². The van der Waals surface area contributed by atoms with E-state index in [1.54, 1.807) is 18.7 Å². The van der Waals surface area contributed by atoms with E-state index in [4.69, 9.17) is 0 Å². The fourth-order valence-electron chi connectivity index (χ4n) is 3.72. The lowest BCUT2D eigenvalue weighted by Crippen LogP contribution is -2.45. The lowest BCUT2D eigenvalue weighted by molar-refractivity contribution is -0.132. The molecule has 3 aromatic rings. The van der Waals surface area contributed by atoms with Crippen molar-refractivity contribution >= 4 is 26.8 Å². The number of nitrogens with zero attached hydrogens (tertiary/aromatic N) is 2. The van der Waals surface area contributed by atoms with Crippen molar-refractivity contribution in [2.24, 2.45) is 0 Å². The molecule has 0 aliphatic rings. The number of hydrogen-bond donors (Lipinski definition) is 1. The summed E-state index contributed by atoms with van der Waals surface area (Å²) in [6.07, 6.45) is 3.81. The van der Waals surface area contributed by atoms with Crippen LogP contribution in [0.15, 0.2) is 54.7 Å². The Kier molecular flexibility index (Phi) is 7.18. The number of fused-ring (bicyclic) bond motifs is 1. The van der Waals surface area contributed by atoms with Crippen LogP contribution < -0.4 is 0 Å². The van der Waals surface area contributed by atoms with Gasteiger partial charge in [0.15, 0.2) is 0 Å². The van der Waals surface area contributed by atoms with E-state index in [2.05, 4.69) is 11.1 Å². The first-order valence-corrected chi connectivity index (χ1v) is 12.3. The number of aromatic nitrogens is 1. The molecule has 0 unspecified atom stereocenters. The van der Waals surface area contributed by atoms with Gasteiger partial charge in [0.25, 0.3) is 0 Å². The monoisotopic (exact) mass is 441 g/mol. The van der Waals surface area contributed by atoms with E-state index in [-0.39, 0.29) is 18.5 Å². The van der Waals surface area contributed by atoms with Crippen LogP contribution in [0, 0.1) is 6.92 Å². The van der Waals surface area contributed by atoms with Gasteiger partial charge in [-0.2, -0.15) is 4.31 Å². The molecule has 166 valence electrons. The summed E-state index contributed by atoms with van der Waals surface area (Å²) < 4.78 is 25.6. The molecule has 0 radical (unpaired) electrons. The SMILES string of the molecule is Cc1ccc(CN(CCc2c[nH]c3ccccc23)C(=O)CN(C(C)C)S(C)(=O)=O)cc1. The summed E-state index contributed by atoms with van der Waals surface area (Å²) in [6, 6.07) is 15.9. The lowest BCUT2D eigenvalue weighted by atomic mass is 10.1. The van der Waals surface area contributed by atoms with Crippen LogP contribution in [0.25, 0.3) is 10.9 Å². The van der Waals surface area contributed by atoms with Crippen molar-refractivity contribution in [2.75, 3.05) is 19.3 Å². The molecule has 0 spiro atoms. The summed E-state index contributed by atoms with van der Waals surface area (Å²) in [6.45, 7) is 6.38. The van der Waals surface area contributed by atoms with Crippen LogP contribution in [0.4, 0.5) is 0 Å². The third-order valence-corrected chi connectivity index (χ3v) is 6.87. The molecule has 1 amide bonds. The third kappa shape index (κ3) is 5.95. The minimum atomic E-state index is -3.48. The standard InChI is InChI=1S/C24H31N3O3S/c1-18(2)27(31(4,29)30)17-24(28)26(16-20-11-9-19(3)10-12-20)14-13-21-15-25-23-8-6-5-7-22(21)23/h5-12,15,18,25H,13-14,16-17H2,1-4H3. The first-order chi connectivity index (χ1) is 14.6. The van der Waals surface area contributed by atoms with Crippen LogP contribution in [0.5, 0.6) is 0 Å². The molecular weight excluding hydrogens is 410 g/mol. The molecule has 0 aliphatic carbocycles. The second-order valence-corrected chi connectivity index (χ2v) is 10.2. The molecule has 0 aliphatic heterocycles. The number of aryl methyl sites for hydroxylation is 1. The van der Waals surface area contributed by atoms with Gasteiger partial charge < -0.3 is 9.88 Å². The van der Waals surface area contributed by atoms with Crippen LogP contribution in [0.3, 0.4) is 0 Å². The van der Waals surface area contributed by atoms with E-state index in [0.29, 0.717) is 19.5 Å². The molecule has 6 nitrogen and oxygen atoms in total. The van der Waals surface area contributed by atoms with E-state index in [1.165, 1.54) is 4.31 Å². The molecule has 1 N–H and O–H groups in total. The van der Waals surface area contributed by atoms with Gasteiger partial charge in [0.05, 0.1) is 12.8 Å². The minimum absolute atomic E-state index is 0.157. The molecule has 0 saturated heterocycles. The fourth-order valence-corrected chi connectivity index (χ4v) is 4.83. The van der Waals surface area contributed by atoms with Crippen molar-refractivity contribution < 1.29 is 13.2 Å². The number of hydrogen-bond acceptors (Lipinski definition) is 3. The molecule has 0 atom stereocenters. The summed E-state index contributed by atoms with van der Waals surface area (Å²) in [5.74, 6) is -0.195. The predicted molar refractivity (Wildman–Crippen MR) is 125 cm³/mol. The molecule has 1 heterocycles. The molecule has 1 aromatic heterocycles. The van der Waals surface area contributed by atoms with E-state index in [1.807, 2.05) is 55.6 Å². The number of H-pyrrole nitrogens is 1. The van der Waals surface area contributed by atoms with Crippen molar-refractivity contribution in [3.63, 3.8) is 0 Å². The maximum absolute atomic E-state index is 13.2. The van der Waals surface area contributed by atoms with Crippen LogP contribution in [0.2, 0.25) is 0 Å². The molecule has 3 rings (SSSR count). The molecule has 0 saturated carbocycles. The summed E-state index contributed by atoms with van der Waals surface area (Å²) in [4.78, 5) is 18.2. The van der Waals surface area contributed by atoms with Gasteiger partial charge in [-0.3, -0.25) is 4.79 Å². The lowest BCUT2D eigenvalue weighted by Gasteiger charge is -2.28. The number of carbonyl (C=O) groups is 1. The van der Waals surface area contributed by atoms with E-state index in [9.17, 15) is 13.2 Å². The van der Waals surface area contributed by atoms with E-state index in [0.717, 1.165) is 33.8 Å². The smallest absolute Gasteiger partial charge is 0.238 e. The van der Waals surface area contributed by atoms with Crippen molar-refractivity contribution in [2.45, 2.75) is 39.8 Å². The molecule has 0 bridgehead atoms. The zero-order chi connectivity index (χ0) is 22.6. The van der Waals surface area contributed by atoms with Crippen LogP contribution >= 0.6 is 0 Å². The van der Waals surface area contributed by atoms with Crippen LogP contribution in [-0.2, 0) is 27.8 Å². The van der Waals surface area contributed by atoms with E-state index >= 15 is 0 Å². The average Bonchev–Trinajstić information content (AvgIpc) is 3.12. The van der Waals surface area contributed by atoms with Gasteiger partial charge >= 0.3 is 0 Å². The Labute approximate surface area is 184 Å². The number of rotatable bonds is 9. The van der Waals surface area contributed by atoms with Crippen molar-refractivity contribution in [3.8, 4) is 0 Å². The molecule has 2 aromatic carbocycles. The number of para-hydroxylation sites is 1. The summed E-state index contributed by atoms with van der Waals surface area (Å²) >= 11 is 0. The number of benzene rings is 2. The minimum Gasteiger partial charge on any atom is -0.361 e. The third-order valence-electron chi connectivity index (χ3n) is 5.47. The molecule has 0 fully saturated rings. The van der Waals surface area contributed by atoms with Gasteiger partial charge in [0.2, 0.25) is 15.9 Å². The number of sulfonamides is 1. The highest BCUT2D eigenvalue weighted by molar-refractivity contribution is 7.88. The zero-order valence-electron chi connectivity index (χ0n) is 18.6. The first kappa shape index (κ1) is 23.0. The summed E-state index contributed by atoms with van der Waals surface area (Å²) in [7, 11) is -3.48. The fraction of sp³-hybridized carbons (Fsp3) is 0.375. The zero-order valence-corrected chi connectivity index (χ0v) is 19.4. The largest absolute Gasteiger partial charge is 0.361 e. The molecule has 31 heavy (non-hydrogen) atoms. The Morgan fingerprint density at radius 3 is 2.39 bits per heavy atom. The Morgan fingerprint density at radius 1 is 1.06 bits per heavy atom. The Morgan fingerprint density at radius 2 is 1.74 bits per heavy atom. The van der Waals surface area contributed by atoms with Crippen LogP contribution in [0.1, 0.15) is 30.5 Å². The molecule has 7 heteroatoms. The number of nitrogens with one attached hydrogen (secondary N) is 1. The van der Waals surface area contributed by atoms with Gasteiger partial charge in [-0.25, -0.2) is 8.42 Å². The van der Waals surface area contributed by atoms with Crippen molar-refractivity contribution in [1.29, 1.82) is 0 Å².